The van der Waals surface area contributed by atoms with Gasteiger partial charge in [-0.1, -0.05) is 25.7 Å². The van der Waals surface area contributed by atoms with Crippen LogP contribution in [0, 0.1) is 0 Å². The number of hydrogen-bond donors (Lipinski definition) is 1. The number of methoxy groups -OCH3 is 1. The van der Waals surface area contributed by atoms with E-state index in [1.807, 2.05) is 14.2 Å². The highest BCUT2D eigenvalue weighted by Crippen LogP contribution is 2.46. The Kier molecular flexibility index (Phi) is 4.50. The molecule has 21 heavy (non-hydrogen) atoms. The molecule has 2 fully saturated rings. The van der Waals surface area contributed by atoms with Gasteiger partial charge in [-0.25, -0.2) is 9.97 Å². The second kappa shape index (κ2) is 6.21. The number of nitrogens with zero attached hydrogens (tertiary/aromatic N) is 2. The summed E-state index contributed by atoms with van der Waals surface area (Å²) in [5.41, 5.74) is 0.858. The molecule has 1 heterocycles. The van der Waals surface area contributed by atoms with Crippen molar-refractivity contribution in [2.24, 2.45) is 0 Å². The third kappa shape index (κ3) is 2.95. The predicted octanol–water partition coefficient (Wildman–Crippen LogP) is 4.35. The first-order chi connectivity index (χ1) is 10.2. The lowest BCUT2D eigenvalue weighted by Crippen LogP contribution is -2.31. The molecule has 1 aromatic rings. The maximum atomic E-state index is 5.97. The molecule has 116 valence electrons. The Morgan fingerprint density at radius 2 is 1.81 bits per heavy atom. The second-order valence-electron chi connectivity index (χ2n) is 6.23. The van der Waals surface area contributed by atoms with Gasteiger partial charge in [0.15, 0.2) is 5.82 Å². The summed E-state index contributed by atoms with van der Waals surface area (Å²) in [5, 5.41) is 3.20. The van der Waals surface area contributed by atoms with E-state index in [2.05, 4.69) is 21.2 Å². The van der Waals surface area contributed by atoms with Crippen molar-refractivity contribution in [1.29, 1.82) is 0 Å². The summed E-state index contributed by atoms with van der Waals surface area (Å²) in [5.74, 6) is 2.36. The molecule has 0 saturated heterocycles. The number of rotatable bonds is 4. The summed E-state index contributed by atoms with van der Waals surface area (Å²) in [6, 6.07) is 0. The molecule has 5 heteroatoms. The molecule has 2 saturated carbocycles. The largest absolute Gasteiger partial charge is 0.372 e. The molecule has 0 unspecified atom stereocenters. The van der Waals surface area contributed by atoms with Gasteiger partial charge >= 0.3 is 0 Å². The molecular formula is C16H24BrN3O. The van der Waals surface area contributed by atoms with Crippen LogP contribution in [0.1, 0.15) is 68.8 Å². The average Bonchev–Trinajstić information content (AvgIpc) is 3.34. The molecule has 2 aliphatic rings. The first kappa shape index (κ1) is 15.2. The number of ether oxygens (including phenoxy) is 1. The zero-order valence-corrected chi connectivity index (χ0v) is 14.5. The smallest absolute Gasteiger partial charge is 0.162 e. The Morgan fingerprint density at radius 3 is 2.33 bits per heavy atom. The molecule has 0 radical (unpaired) electrons. The van der Waals surface area contributed by atoms with Crippen molar-refractivity contribution in [3.63, 3.8) is 0 Å². The Bertz CT molecular complexity index is 508. The lowest BCUT2D eigenvalue weighted by atomic mass is 9.93. The van der Waals surface area contributed by atoms with Crippen LogP contribution < -0.4 is 5.32 Å². The highest BCUT2D eigenvalue weighted by Gasteiger charge is 2.38. The molecule has 4 nitrogen and oxygen atoms in total. The Morgan fingerprint density at radius 1 is 1.14 bits per heavy atom. The van der Waals surface area contributed by atoms with Gasteiger partial charge in [0.1, 0.15) is 11.4 Å². The van der Waals surface area contributed by atoms with Crippen molar-refractivity contribution in [2.45, 2.75) is 62.9 Å². The van der Waals surface area contributed by atoms with Crippen molar-refractivity contribution in [3.05, 3.63) is 16.0 Å². The van der Waals surface area contributed by atoms with Gasteiger partial charge < -0.3 is 10.1 Å². The van der Waals surface area contributed by atoms with Crippen LogP contribution in [0.5, 0.6) is 0 Å². The van der Waals surface area contributed by atoms with Crippen molar-refractivity contribution in [2.75, 3.05) is 19.5 Å². The zero-order chi connectivity index (χ0) is 14.9. The van der Waals surface area contributed by atoms with Gasteiger partial charge in [0.2, 0.25) is 0 Å². The molecule has 0 bridgehead atoms. The zero-order valence-electron chi connectivity index (χ0n) is 12.9. The Labute approximate surface area is 135 Å². The third-order valence-corrected chi connectivity index (χ3v) is 5.57. The van der Waals surface area contributed by atoms with E-state index in [-0.39, 0.29) is 5.60 Å². The van der Waals surface area contributed by atoms with Gasteiger partial charge in [-0.2, -0.15) is 0 Å². The van der Waals surface area contributed by atoms with Crippen molar-refractivity contribution < 1.29 is 4.74 Å². The minimum absolute atomic E-state index is 0.299. The van der Waals surface area contributed by atoms with E-state index in [9.17, 15) is 0 Å². The highest BCUT2D eigenvalue weighted by molar-refractivity contribution is 9.10. The lowest BCUT2D eigenvalue weighted by Gasteiger charge is -2.30. The number of anilines is 1. The van der Waals surface area contributed by atoms with Crippen LogP contribution in [0.2, 0.25) is 0 Å². The molecule has 0 aliphatic heterocycles. The van der Waals surface area contributed by atoms with E-state index in [0.717, 1.165) is 34.7 Å². The monoisotopic (exact) mass is 353 g/mol. The van der Waals surface area contributed by atoms with Crippen LogP contribution in [0.3, 0.4) is 0 Å². The number of aromatic nitrogens is 2. The van der Waals surface area contributed by atoms with Crippen molar-refractivity contribution in [1.82, 2.24) is 9.97 Å². The Balaban J connectivity index is 2.04. The summed E-state index contributed by atoms with van der Waals surface area (Å²) >= 11 is 3.67. The second-order valence-corrected chi connectivity index (χ2v) is 7.02. The summed E-state index contributed by atoms with van der Waals surface area (Å²) in [4.78, 5) is 9.70. The van der Waals surface area contributed by atoms with Crippen LogP contribution >= 0.6 is 15.9 Å². The molecule has 0 amide bonds. The maximum absolute atomic E-state index is 5.97. The molecule has 0 spiro atoms. The molecule has 1 N–H and O–H groups in total. The Hall–Kier alpha value is -0.680. The molecule has 3 rings (SSSR count). The van der Waals surface area contributed by atoms with Gasteiger partial charge in [0, 0.05) is 20.1 Å². The van der Waals surface area contributed by atoms with E-state index in [1.54, 1.807) is 0 Å². The first-order valence-electron chi connectivity index (χ1n) is 8.01. The quantitative estimate of drug-likeness (QED) is 0.817. The van der Waals surface area contributed by atoms with E-state index < -0.39 is 0 Å². The fourth-order valence-corrected chi connectivity index (χ4v) is 3.98. The molecule has 2 aliphatic carbocycles. The first-order valence-corrected chi connectivity index (χ1v) is 8.80. The van der Waals surface area contributed by atoms with Crippen LogP contribution in [0.15, 0.2) is 4.47 Å². The predicted molar refractivity (Wildman–Crippen MR) is 87.6 cm³/mol. The molecule has 0 atom stereocenters. The molecular weight excluding hydrogens is 330 g/mol. The average molecular weight is 354 g/mol. The standard InChI is InChI=1S/C16H24BrN3O/c1-18-14-12(17)13(11-7-8-11)19-15(20-14)16(21-2)9-5-3-4-6-10-16/h11H,3-10H2,1-2H3,(H,18,19,20). The normalized spacial score (nSPS) is 21.9. The highest BCUT2D eigenvalue weighted by atomic mass is 79.9. The van der Waals surface area contributed by atoms with Gasteiger partial charge in [-0.15, -0.1) is 0 Å². The molecule has 0 aromatic carbocycles. The van der Waals surface area contributed by atoms with Crippen LogP contribution in [-0.4, -0.2) is 24.1 Å². The SMILES string of the molecule is CNc1nc(C2(OC)CCCCCC2)nc(C2CC2)c1Br. The van der Waals surface area contributed by atoms with Gasteiger partial charge in [-0.05, 0) is 41.6 Å². The van der Waals surface area contributed by atoms with Crippen LogP contribution in [0.4, 0.5) is 5.82 Å². The van der Waals surface area contributed by atoms with Crippen molar-refractivity contribution in [3.8, 4) is 0 Å². The van der Waals surface area contributed by atoms with Gasteiger partial charge in [-0.3, -0.25) is 0 Å². The minimum Gasteiger partial charge on any atom is -0.372 e. The number of halogens is 1. The molecule has 1 aromatic heterocycles. The van der Waals surface area contributed by atoms with E-state index in [1.165, 1.54) is 38.5 Å². The van der Waals surface area contributed by atoms with Crippen molar-refractivity contribution >= 4 is 21.7 Å². The summed E-state index contributed by atoms with van der Waals surface area (Å²) < 4.78 is 7.00. The minimum atomic E-state index is -0.299. The third-order valence-electron chi connectivity index (χ3n) is 4.79. The fourth-order valence-electron chi connectivity index (χ4n) is 3.28. The topological polar surface area (TPSA) is 47.0 Å². The van der Waals surface area contributed by atoms with E-state index in [4.69, 9.17) is 14.7 Å². The number of nitrogens with one attached hydrogen (secondary N) is 1. The van der Waals surface area contributed by atoms with E-state index in [0.29, 0.717) is 5.92 Å². The fraction of sp³-hybridized carbons (Fsp3) is 0.750. The summed E-state index contributed by atoms with van der Waals surface area (Å²) in [6.07, 6.45) is 9.49. The number of hydrogen-bond acceptors (Lipinski definition) is 4. The lowest BCUT2D eigenvalue weighted by molar-refractivity contribution is -0.0352. The van der Waals surface area contributed by atoms with Crippen LogP contribution in [-0.2, 0) is 10.3 Å². The van der Waals surface area contributed by atoms with E-state index >= 15 is 0 Å². The summed E-state index contributed by atoms with van der Waals surface area (Å²) in [6.45, 7) is 0. The maximum Gasteiger partial charge on any atom is 0.162 e. The summed E-state index contributed by atoms with van der Waals surface area (Å²) in [7, 11) is 3.73. The van der Waals surface area contributed by atoms with Crippen LogP contribution in [0.25, 0.3) is 0 Å². The van der Waals surface area contributed by atoms with Gasteiger partial charge in [0.05, 0.1) is 10.2 Å². The van der Waals surface area contributed by atoms with Gasteiger partial charge in [0.25, 0.3) is 0 Å².